The number of halogens is 1. The van der Waals surface area contributed by atoms with Gasteiger partial charge in [0.2, 0.25) is 5.91 Å². The van der Waals surface area contributed by atoms with Crippen molar-refractivity contribution in [3.05, 3.63) is 34.3 Å². The number of benzene rings is 1. The standard InChI is InChI=1S/C21H29BrN2O3/c1-26-19-7-6-18(22)15-17(19)5-8-20(25)23-16-21(9-3-2-4-10-21)24-11-13-27-14-12-24/h5-8,15H,2-4,9-14,16H2,1H3,(H,23,25). The van der Waals surface area contributed by atoms with Gasteiger partial charge in [0.1, 0.15) is 5.75 Å². The average molecular weight is 437 g/mol. The lowest BCUT2D eigenvalue weighted by atomic mass is 9.79. The zero-order valence-corrected chi connectivity index (χ0v) is 17.6. The van der Waals surface area contributed by atoms with Crippen LogP contribution in [0.2, 0.25) is 0 Å². The molecule has 2 fully saturated rings. The second kappa shape index (κ2) is 9.71. The molecule has 1 aliphatic carbocycles. The predicted octanol–water partition coefficient (Wildman–Crippen LogP) is 3.62. The van der Waals surface area contributed by atoms with E-state index in [1.165, 1.54) is 19.3 Å². The highest BCUT2D eigenvalue weighted by molar-refractivity contribution is 9.10. The van der Waals surface area contributed by atoms with Crippen molar-refractivity contribution in [2.75, 3.05) is 40.0 Å². The molecule has 27 heavy (non-hydrogen) atoms. The molecule has 2 aliphatic rings. The van der Waals surface area contributed by atoms with Crippen molar-refractivity contribution in [3.8, 4) is 5.75 Å². The van der Waals surface area contributed by atoms with E-state index in [0.29, 0.717) is 6.54 Å². The summed E-state index contributed by atoms with van der Waals surface area (Å²) in [6.45, 7) is 4.20. The molecule has 5 nitrogen and oxygen atoms in total. The molecule has 1 saturated carbocycles. The Kier molecular flexibility index (Phi) is 7.33. The summed E-state index contributed by atoms with van der Waals surface area (Å²) in [5.41, 5.74) is 0.960. The first-order chi connectivity index (χ1) is 13.1. The van der Waals surface area contributed by atoms with Gasteiger partial charge in [-0.05, 0) is 37.1 Å². The van der Waals surface area contributed by atoms with E-state index in [-0.39, 0.29) is 11.4 Å². The summed E-state index contributed by atoms with van der Waals surface area (Å²) >= 11 is 3.46. The predicted molar refractivity (Wildman–Crippen MR) is 111 cm³/mol. The molecule has 1 aromatic carbocycles. The van der Waals surface area contributed by atoms with Gasteiger partial charge in [0, 0.05) is 41.3 Å². The van der Waals surface area contributed by atoms with Gasteiger partial charge in [-0.3, -0.25) is 9.69 Å². The Bertz CT molecular complexity index is 665. The lowest BCUT2D eigenvalue weighted by Crippen LogP contribution is -2.59. The van der Waals surface area contributed by atoms with Crippen LogP contribution in [0.4, 0.5) is 0 Å². The van der Waals surface area contributed by atoms with Crippen LogP contribution in [0.5, 0.6) is 5.75 Å². The Morgan fingerprint density at radius 1 is 1.30 bits per heavy atom. The molecule has 0 unspecified atom stereocenters. The first-order valence-corrected chi connectivity index (χ1v) is 10.5. The summed E-state index contributed by atoms with van der Waals surface area (Å²) in [5.74, 6) is 0.689. The van der Waals surface area contributed by atoms with E-state index in [2.05, 4.69) is 26.1 Å². The molecule has 0 radical (unpaired) electrons. The highest BCUT2D eigenvalue weighted by atomic mass is 79.9. The van der Waals surface area contributed by atoms with Gasteiger partial charge in [0.15, 0.2) is 0 Å². The molecule has 0 bridgehead atoms. The van der Waals surface area contributed by atoms with E-state index < -0.39 is 0 Å². The summed E-state index contributed by atoms with van der Waals surface area (Å²) < 4.78 is 11.8. The number of nitrogens with zero attached hydrogens (tertiary/aromatic N) is 1. The molecule has 1 N–H and O–H groups in total. The number of nitrogens with one attached hydrogen (secondary N) is 1. The van der Waals surface area contributed by atoms with Crippen molar-refractivity contribution in [2.24, 2.45) is 0 Å². The third-order valence-electron chi connectivity index (χ3n) is 5.66. The summed E-state index contributed by atoms with van der Waals surface area (Å²) in [6.07, 6.45) is 9.47. The van der Waals surface area contributed by atoms with Crippen molar-refractivity contribution in [1.82, 2.24) is 10.2 Å². The summed E-state index contributed by atoms with van der Waals surface area (Å²) in [5, 5.41) is 3.15. The minimum absolute atomic E-state index is 0.0600. The molecule has 6 heteroatoms. The third-order valence-corrected chi connectivity index (χ3v) is 6.16. The maximum absolute atomic E-state index is 12.5. The van der Waals surface area contributed by atoms with Crippen molar-refractivity contribution in [1.29, 1.82) is 0 Å². The first kappa shape index (κ1) is 20.4. The molecule has 3 rings (SSSR count). The molecule has 1 amide bonds. The molecule has 1 saturated heterocycles. The van der Waals surface area contributed by atoms with Gasteiger partial charge in [-0.1, -0.05) is 35.2 Å². The number of ether oxygens (including phenoxy) is 2. The Hall–Kier alpha value is -1.37. The second-order valence-corrected chi connectivity index (χ2v) is 8.24. The van der Waals surface area contributed by atoms with Gasteiger partial charge < -0.3 is 14.8 Å². The number of hydrogen-bond donors (Lipinski definition) is 1. The lowest BCUT2D eigenvalue weighted by molar-refractivity contribution is -0.117. The van der Waals surface area contributed by atoms with Gasteiger partial charge in [0.25, 0.3) is 0 Å². The van der Waals surface area contributed by atoms with E-state index in [4.69, 9.17) is 9.47 Å². The van der Waals surface area contributed by atoms with Crippen LogP contribution in [-0.4, -0.2) is 56.3 Å². The number of hydrogen-bond acceptors (Lipinski definition) is 4. The highest BCUT2D eigenvalue weighted by Gasteiger charge is 2.38. The number of methoxy groups -OCH3 is 1. The number of carbonyl (C=O) groups excluding carboxylic acids is 1. The van der Waals surface area contributed by atoms with E-state index in [0.717, 1.165) is 54.9 Å². The number of amides is 1. The molecule has 1 aromatic rings. The maximum Gasteiger partial charge on any atom is 0.244 e. The van der Waals surface area contributed by atoms with E-state index >= 15 is 0 Å². The van der Waals surface area contributed by atoms with Crippen LogP contribution < -0.4 is 10.1 Å². The molecular weight excluding hydrogens is 408 g/mol. The molecular formula is C21H29BrN2O3. The normalized spacial score (nSPS) is 20.5. The van der Waals surface area contributed by atoms with Gasteiger partial charge in [-0.25, -0.2) is 0 Å². The van der Waals surface area contributed by atoms with Gasteiger partial charge in [-0.15, -0.1) is 0 Å². The van der Waals surface area contributed by atoms with Crippen LogP contribution in [0.1, 0.15) is 37.7 Å². The summed E-state index contributed by atoms with van der Waals surface area (Å²) in [4.78, 5) is 15.0. The van der Waals surface area contributed by atoms with Gasteiger partial charge >= 0.3 is 0 Å². The molecule has 0 atom stereocenters. The Morgan fingerprint density at radius 2 is 2.04 bits per heavy atom. The average Bonchev–Trinajstić information content (AvgIpc) is 2.72. The fourth-order valence-corrected chi connectivity index (χ4v) is 4.54. The molecule has 1 heterocycles. The fraction of sp³-hybridized carbons (Fsp3) is 0.571. The molecule has 1 aliphatic heterocycles. The largest absolute Gasteiger partial charge is 0.496 e. The highest BCUT2D eigenvalue weighted by Crippen LogP contribution is 2.34. The van der Waals surface area contributed by atoms with E-state index in [9.17, 15) is 4.79 Å². The van der Waals surface area contributed by atoms with E-state index in [1.54, 1.807) is 19.3 Å². The van der Waals surface area contributed by atoms with Crippen LogP contribution in [0.15, 0.2) is 28.7 Å². The Labute approximate surface area is 170 Å². The molecule has 148 valence electrons. The monoisotopic (exact) mass is 436 g/mol. The van der Waals surface area contributed by atoms with Crippen LogP contribution in [-0.2, 0) is 9.53 Å². The smallest absolute Gasteiger partial charge is 0.244 e. The quantitative estimate of drug-likeness (QED) is 0.691. The Morgan fingerprint density at radius 3 is 2.74 bits per heavy atom. The van der Waals surface area contributed by atoms with Crippen molar-refractivity contribution in [3.63, 3.8) is 0 Å². The maximum atomic E-state index is 12.5. The van der Waals surface area contributed by atoms with Crippen molar-refractivity contribution >= 4 is 27.9 Å². The minimum Gasteiger partial charge on any atom is -0.496 e. The zero-order valence-electron chi connectivity index (χ0n) is 16.0. The van der Waals surface area contributed by atoms with Gasteiger partial charge in [-0.2, -0.15) is 0 Å². The fourth-order valence-electron chi connectivity index (χ4n) is 4.16. The first-order valence-electron chi connectivity index (χ1n) is 9.75. The minimum atomic E-state index is -0.0600. The lowest BCUT2D eigenvalue weighted by Gasteiger charge is -2.48. The summed E-state index contributed by atoms with van der Waals surface area (Å²) in [6, 6.07) is 5.75. The summed E-state index contributed by atoms with van der Waals surface area (Å²) in [7, 11) is 1.63. The van der Waals surface area contributed by atoms with Crippen molar-refractivity contribution in [2.45, 2.75) is 37.6 Å². The van der Waals surface area contributed by atoms with Crippen LogP contribution in [0.3, 0.4) is 0 Å². The number of rotatable bonds is 6. The molecule has 0 aromatic heterocycles. The van der Waals surface area contributed by atoms with Gasteiger partial charge in [0.05, 0.1) is 20.3 Å². The number of morpholine rings is 1. The number of carbonyl (C=O) groups is 1. The molecule has 0 spiro atoms. The van der Waals surface area contributed by atoms with E-state index in [1.807, 2.05) is 18.2 Å². The SMILES string of the molecule is COc1ccc(Br)cc1C=CC(=O)NCC1(N2CCOCC2)CCCCC1. The zero-order chi connectivity index (χ0) is 19.1. The van der Waals surface area contributed by atoms with Crippen molar-refractivity contribution < 1.29 is 14.3 Å². The Balaban J connectivity index is 1.63. The third kappa shape index (κ3) is 5.33. The second-order valence-electron chi connectivity index (χ2n) is 7.32. The van der Waals surface area contributed by atoms with Crippen LogP contribution in [0.25, 0.3) is 6.08 Å². The topological polar surface area (TPSA) is 50.8 Å². The van der Waals surface area contributed by atoms with Crippen LogP contribution >= 0.6 is 15.9 Å². The van der Waals surface area contributed by atoms with Crippen LogP contribution in [0, 0.1) is 0 Å².